The van der Waals surface area contributed by atoms with Crippen molar-refractivity contribution in [3.05, 3.63) is 69.3 Å². The second-order valence-corrected chi connectivity index (χ2v) is 7.56. The smallest absolute Gasteiger partial charge is 0.270 e. The predicted molar refractivity (Wildman–Crippen MR) is 115 cm³/mol. The molecule has 3 heterocycles. The molecule has 3 aromatic rings. The largest absolute Gasteiger partial charge is 0.353 e. The van der Waals surface area contributed by atoms with E-state index in [4.69, 9.17) is 0 Å². The molecule has 1 saturated heterocycles. The summed E-state index contributed by atoms with van der Waals surface area (Å²) in [5, 5.41) is 15.5. The zero-order valence-electron chi connectivity index (χ0n) is 17.6. The molecule has 0 radical (unpaired) electrons. The van der Waals surface area contributed by atoms with Crippen LogP contribution in [0, 0.1) is 30.9 Å². The zero-order valence-corrected chi connectivity index (χ0v) is 17.6. The van der Waals surface area contributed by atoms with Crippen LogP contribution >= 0.6 is 0 Å². The highest BCUT2D eigenvalue weighted by molar-refractivity contribution is 5.95. The standard InChI is InChI=1S/C21H23N7O3/c1-14-11-15(2)27(24-14)20-13-19(22-16(3)23-20)25-7-9-26(10-8-25)21(29)17-5-4-6-18(12-17)28(30)31/h4-6,11-13H,7-10H2,1-3H3. The van der Waals surface area contributed by atoms with Crippen molar-refractivity contribution in [2.75, 3.05) is 31.1 Å². The lowest BCUT2D eigenvalue weighted by Gasteiger charge is -2.35. The van der Waals surface area contributed by atoms with Crippen LogP contribution in [0.3, 0.4) is 0 Å². The molecular weight excluding hydrogens is 398 g/mol. The maximum atomic E-state index is 12.8. The first-order chi connectivity index (χ1) is 14.8. The molecule has 10 nitrogen and oxygen atoms in total. The molecule has 0 unspecified atom stereocenters. The summed E-state index contributed by atoms with van der Waals surface area (Å²) in [5.74, 6) is 1.95. The van der Waals surface area contributed by atoms with Crippen LogP contribution in [0.1, 0.15) is 27.6 Å². The van der Waals surface area contributed by atoms with Gasteiger partial charge in [0.05, 0.1) is 10.6 Å². The topological polar surface area (TPSA) is 110 Å². The first-order valence-electron chi connectivity index (χ1n) is 10.00. The molecule has 1 amide bonds. The summed E-state index contributed by atoms with van der Waals surface area (Å²) in [7, 11) is 0. The van der Waals surface area contributed by atoms with E-state index >= 15 is 0 Å². The summed E-state index contributed by atoms with van der Waals surface area (Å²) in [6.45, 7) is 7.98. The summed E-state index contributed by atoms with van der Waals surface area (Å²) in [4.78, 5) is 36.2. The molecule has 0 N–H and O–H groups in total. The third-order valence-corrected chi connectivity index (χ3v) is 5.23. The van der Waals surface area contributed by atoms with Crippen LogP contribution in [0.25, 0.3) is 5.82 Å². The minimum atomic E-state index is -0.493. The van der Waals surface area contributed by atoms with Crippen molar-refractivity contribution >= 4 is 17.4 Å². The fraction of sp³-hybridized carbons (Fsp3) is 0.333. The number of amides is 1. The average molecular weight is 421 g/mol. The Hall–Kier alpha value is -3.82. The van der Waals surface area contributed by atoms with E-state index in [0.29, 0.717) is 43.4 Å². The molecule has 0 spiro atoms. The van der Waals surface area contributed by atoms with E-state index in [-0.39, 0.29) is 11.6 Å². The number of carbonyl (C=O) groups is 1. The number of non-ortho nitro benzene ring substituents is 1. The van der Waals surface area contributed by atoms with Gasteiger partial charge in [0, 0.05) is 55.6 Å². The van der Waals surface area contributed by atoms with Crippen LogP contribution in [0.2, 0.25) is 0 Å². The lowest BCUT2D eigenvalue weighted by molar-refractivity contribution is -0.384. The summed E-state index contributed by atoms with van der Waals surface area (Å²) >= 11 is 0. The highest BCUT2D eigenvalue weighted by atomic mass is 16.6. The Morgan fingerprint density at radius 3 is 2.35 bits per heavy atom. The Bertz CT molecular complexity index is 1150. The number of benzene rings is 1. The van der Waals surface area contributed by atoms with Crippen LogP contribution in [-0.4, -0.2) is 61.7 Å². The fourth-order valence-electron chi connectivity index (χ4n) is 3.74. The summed E-state index contributed by atoms with van der Waals surface area (Å²) < 4.78 is 1.80. The van der Waals surface area contributed by atoms with Gasteiger partial charge in [0.25, 0.3) is 11.6 Å². The Kier molecular flexibility index (Phi) is 5.37. The number of nitrogens with zero attached hydrogens (tertiary/aromatic N) is 7. The Balaban J connectivity index is 1.49. The second kappa shape index (κ2) is 8.13. The van der Waals surface area contributed by atoms with Gasteiger partial charge in [-0.15, -0.1) is 0 Å². The zero-order chi connectivity index (χ0) is 22.1. The number of nitro groups is 1. The van der Waals surface area contributed by atoms with Crippen molar-refractivity contribution in [2.45, 2.75) is 20.8 Å². The highest BCUT2D eigenvalue weighted by Crippen LogP contribution is 2.20. The molecule has 0 saturated carbocycles. The molecule has 2 aromatic heterocycles. The molecule has 1 aliphatic rings. The lowest BCUT2D eigenvalue weighted by Crippen LogP contribution is -2.49. The van der Waals surface area contributed by atoms with E-state index < -0.39 is 4.92 Å². The van der Waals surface area contributed by atoms with Crippen LogP contribution in [-0.2, 0) is 0 Å². The number of aromatic nitrogens is 4. The van der Waals surface area contributed by atoms with Crippen LogP contribution in [0.4, 0.5) is 11.5 Å². The van der Waals surface area contributed by atoms with Gasteiger partial charge in [0.1, 0.15) is 11.6 Å². The van der Waals surface area contributed by atoms with Gasteiger partial charge in [-0.2, -0.15) is 5.10 Å². The van der Waals surface area contributed by atoms with Gasteiger partial charge in [-0.1, -0.05) is 6.07 Å². The Labute approximate surface area is 179 Å². The molecule has 0 aliphatic carbocycles. The third-order valence-electron chi connectivity index (χ3n) is 5.23. The molecule has 4 rings (SSSR count). The van der Waals surface area contributed by atoms with E-state index in [1.165, 1.54) is 18.2 Å². The van der Waals surface area contributed by atoms with Crippen LogP contribution < -0.4 is 4.90 Å². The number of carbonyl (C=O) groups excluding carboxylic acids is 1. The maximum Gasteiger partial charge on any atom is 0.270 e. The SMILES string of the molecule is Cc1cc(C)n(-c2cc(N3CCN(C(=O)c4cccc([N+](=O)[O-])c4)CC3)nc(C)n2)n1. The summed E-state index contributed by atoms with van der Waals surface area (Å²) in [6, 6.07) is 9.75. The Morgan fingerprint density at radius 2 is 1.71 bits per heavy atom. The van der Waals surface area contributed by atoms with Crippen molar-refractivity contribution in [3.63, 3.8) is 0 Å². The van der Waals surface area contributed by atoms with Crippen molar-refractivity contribution in [1.82, 2.24) is 24.6 Å². The Morgan fingerprint density at radius 1 is 1.00 bits per heavy atom. The molecule has 0 atom stereocenters. The summed E-state index contributed by atoms with van der Waals surface area (Å²) in [6.07, 6.45) is 0. The first kappa shape index (κ1) is 20.5. The highest BCUT2D eigenvalue weighted by Gasteiger charge is 2.24. The maximum absolute atomic E-state index is 12.8. The molecule has 160 valence electrons. The van der Waals surface area contributed by atoms with Crippen molar-refractivity contribution in [1.29, 1.82) is 0 Å². The van der Waals surface area contributed by atoms with Gasteiger partial charge >= 0.3 is 0 Å². The quantitative estimate of drug-likeness (QED) is 0.470. The van der Waals surface area contributed by atoms with E-state index in [1.54, 1.807) is 15.6 Å². The molecule has 1 aliphatic heterocycles. The van der Waals surface area contributed by atoms with Gasteiger partial charge in [-0.3, -0.25) is 14.9 Å². The minimum absolute atomic E-state index is 0.0855. The number of nitro benzene ring substituents is 1. The van der Waals surface area contributed by atoms with Gasteiger partial charge < -0.3 is 9.80 Å². The molecule has 1 aromatic carbocycles. The van der Waals surface area contributed by atoms with Gasteiger partial charge in [0.2, 0.25) is 0 Å². The average Bonchev–Trinajstić information content (AvgIpc) is 3.11. The molecule has 31 heavy (non-hydrogen) atoms. The molecule has 0 bridgehead atoms. The van der Waals surface area contributed by atoms with E-state index in [0.717, 1.165) is 17.2 Å². The lowest BCUT2D eigenvalue weighted by atomic mass is 10.1. The molecule has 10 heteroatoms. The number of hydrogen-bond donors (Lipinski definition) is 0. The summed E-state index contributed by atoms with van der Waals surface area (Å²) in [5.41, 5.74) is 2.16. The van der Waals surface area contributed by atoms with Crippen LogP contribution in [0.15, 0.2) is 36.4 Å². The van der Waals surface area contributed by atoms with E-state index in [1.807, 2.05) is 32.9 Å². The van der Waals surface area contributed by atoms with Crippen molar-refractivity contribution in [3.8, 4) is 5.82 Å². The number of hydrogen-bond acceptors (Lipinski definition) is 7. The van der Waals surface area contributed by atoms with Gasteiger partial charge in [0.15, 0.2) is 5.82 Å². The van der Waals surface area contributed by atoms with Crippen molar-refractivity contribution < 1.29 is 9.72 Å². The predicted octanol–water partition coefficient (Wildman–Crippen LogP) is 2.46. The fourth-order valence-corrected chi connectivity index (χ4v) is 3.74. The second-order valence-electron chi connectivity index (χ2n) is 7.56. The third kappa shape index (κ3) is 4.23. The van der Waals surface area contributed by atoms with Gasteiger partial charge in [-0.05, 0) is 32.9 Å². The molecule has 1 fully saturated rings. The normalized spacial score (nSPS) is 14.0. The number of aryl methyl sites for hydroxylation is 3. The van der Waals surface area contributed by atoms with E-state index in [9.17, 15) is 14.9 Å². The van der Waals surface area contributed by atoms with E-state index in [2.05, 4.69) is 20.0 Å². The van der Waals surface area contributed by atoms with Crippen molar-refractivity contribution in [2.24, 2.45) is 0 Å². The number of piperazine rings is 1. The van der Waals surface area contributed by atoms with Crippen LogP contribution in [0.5, 0.6) is 0 Å². The monoisotopic (exact) mass is 421 g/mol. The number of anilines is 1. The molecular formula is C21H23N7O3. The van der Waals surface area contributed by atoms with Gasteiger partial charge in [-0.25, -0.2) is 14.6 Å². The first-order valence-corrected chi connectivity index (χ1v) is 10.00. The number of rotatable bonds is 4. The minimum Gasteiger partial charge on any atom is -0.353 e.